The van der Waals surface area contributed by atoms with Gasteiger partial charge in [0.05, 0.1) is 17.0 Å². The van der Waals surface area contributed by atoms with E-state index >= 15 is 0 Å². The van der Waals surface area contributed by atoms with Crippen molar-refractivity contribution in [3.8, 4) is 5.75 Å². The highest BCUT2D eigenvalue weighted by Gasteiger charge is 2.09. The van der Waals surface area contributed by atoms with Gasteiger partial charge in [0.1, 0.15) is 5.75 Å². The molecule has 0 atom stereocenters. The normalized spacial score (nSPS) is 11.3. The molecular weight excluding hydrogens is 318 g/mol. The number of aliphatic carboxylic acids is 1. The van der Waals surface area contributed by atoms with Crippen molar-refractivity contribution in [1.82, 2.24) is 0 Å². The summed E-state index contributed by atoms with van der Waals surface area (Å²) in [6.07, 6.45) is 1.65. The molecule has 2 N–H and O–H groups in total. The summed E-state index contributed by atoms with van der Waals surface area (Å²) in [5.74, 6) is -0.242. The maximum Gasteiger partial charge on any atom is 0.331 e. The lowest BCUT2D eigenvalue weighted by atomic mass is 10.0. The van der Waals surface area contributed by atoms with Gasteiger partial charge >= 0.3 is 5.97 Å². The van der Waals surface area contributed by atoms with Crippen LogP contribution in [-0.4, -0.2) is 18.2 Å². The minimum Gasteiger partial charge on any atom is -0.497 e. The van der Waals surface area contributed by atoms with E-state index < -0.39 is 5.97 Å². The molecule has 0 fully saturated rings. The second kappa shape index (κ2) is 7.38. The van der Waals surface area contributed by atoms with Gasteiger partial charge in [-0.25, -0.2) is 4.79 Å². The largest absolute Gasteiger partial charge is 0.497 e. The number of carbonyl (C=O) groups is 1. The first-order valence-electron chi connectivity index (χ1n) is 6.58. The number of thiophene rings is 1. The third-order valence-electron chi connectivity index (χ3n) is 3.12. The van der Waals surface area contributed by atoms with Crippen molar-refractivity contribution in [2.24, 2.45) is 0 Å². The van der Waals surface area contributed by atoms with Gasteiger partial charge in [0.15, 0.2) is 0 Å². The monoisotopic (exact) mass is 335 g/mol. The fraction of sp³-hybridized carbons (Fsp3) is 0.188. The Kier molecular flexibility index (Phi) is 5.51. The molecule has 0 radical (unpaired) electrons. The molecule has 0 aliphatic carbocycles. The van der Waals surface area contributed by atoms with Crippen molar-refractivity contribution in [3.05, 3.63) is 46.3 Å². The number of methoxy groups -OCH3 is 1. The van der Waals surface area contributed by atoms with Gasteiger partial charge in [0.2, 0.25) is 0 Å². The summed E-state index contributed by atoms with van der Waals surface area (Å²) in [4.78, 5) is 11.0. The summed E-state index contributed by atoms with van der Waals surface area (Å²) in [5, 5.41) is 11.1. The zero-order valence-electron chi connectivity index (χ0n) is 12.5. The topological polar surface area (TPSA) is 58.6 Å². The van der Waals surface area contributed by atoms with E-state index in [2.05, 4.69) is 4.72 Å². The molecule has 2 rings (SSSR count). The molecular formula is C16H17NO3S2. The van der Waals surface area contributed by atoms with Crippen molar-refractivity contribution in [1.29, 1.82) is 0 Å². The molecule has 0 amide bonds. The third kappa shape index (κ3) is 4.05. The fourth-order valence-corrected chi connectivity index (χ4v) is 3.31. The molecule has 0 unspecified atom stereocenters. The van der Waals surface area contributed by atoms with Crippen LogP contribution >= 0.6 is 23.3 Å². The first kappa shape index (κ1) is 16.5. The zero-order valence-corrected chi connectivity index (χ0v) is 14.2. The van der Waals surface area contributed by atoms with Crippen molar-refractivity contribution in [2.75, 3.05) is 11.8 Å². The molecule has 0 saturated heterocycles. The van der Waals surface area contributed by atoms with E-state index in [1.54, 1.807) is 31.4 Å². The number of hydrogen-bond acceptors (Lipinski definition) is 5. The van der Waals surface area contributed by atoms with Crippen LogP contribution in [0.25, 0.3) is 6.08 Å². The summed E-state index contributed by atoms with van der Waals surface area (Å²) in [6, 6.07) is 7.77. The van der Waals surface area contributed by atoms with E-state index in [-0.39, 0.29) is 5.57 Å². The number of hydrogen-bond donors (Lipinski definition) is 2. The molecule has 6 heteroatoms. The van der Waals surface area contributed by atoms with Crippen LogP contribution in [0.1, 0.15) is 18.1 Å². The second-order valence-electron chi connectivity index (χ2n) is 4.66. The van der Waals surface area contributed by atoms with Crippen LogP contribution in [0.2, 0.25) is 0 Å². The Morgan fingerprint density at radius 3 is 2.82 bits per heavy atom. The maximum atomic E-state index is 11.0. The van der Waals surface area contributed by atoms with Crippen LogP contribution in [0.4, 0.5) is 5.69 Å². The zero-order chi connectivity index (χ0) is 16.1. The van der Waals surface area contributed by atoms with Crippen molar-refractivity contribution >= 4 is 41.0 Å². The van der Waals surface area contributed by atoms with E-state index in [4.69, 9.17) is 9.84 Å². The van der Waals surface area contributed by atoms with Crippen LogP contribution in [0.3, 0.4) is 0 Å². The smallest absolute Gasteiger partial charge is 0.331 e. The molecule has 2 aromatic rings. The van der Waals surface area contributed by atoms with E-state index in [1.165, 1.54) is 11.9 Å². The number of anilines is 1. The molecule has 1 aromatic heterocycles. The third-order valence-corrected chi connectivity index (χ3v) is 4.98. The highest BCUT2D eigenvalue weighted by molar-refractivity contribution is 8.02. The molecule has 1 aromatic carbocycles. The molecule has 0 saturated carbocycles. The Morgan fingerprint density at radius 1 is 1.45 bits per heavy atom. The van der Waals surface area contributed by atoms with Crippen LogP contribution in [-0.2, 0) is 4.79 Å². The van der Waals surface area contributed by atoms with Gasteiger partial charge in [-0.05, 0) is 60.5 Å². The molecule has 0 aliphatic heterocycles. The van der Waals surface area contributed by atoms with Gasteiger partial charge in [-0.15, -0.1) is 11.3 Å². The summed E-state index contributed by atoms with van der Waals surface area (Å²) >= 11 is 3.18. The molecule has 0 bridgehead atoms. The second-order valence-corrected chi connectivity index (χ2v) is 6.71. The predicted molar refractivity (Wildman–Crippen MR) is 92.8 cm³/mol. The Morgan fingerprint density at radius 2 is 2.23 bits per heavy atom. The first-order valence-corrected chi connectivity index (χ1v) is 8.27. The lowest BCUT2D eigenvalue weighted by Crippen LogP contribution is -1.98. The fourth-order valence-electron chi connectivity index (χ4n) is 1.80. The van der Waals surface area contributed by atoms with E-state index in [9.17, 15) is 4.79 Å². The first-order chi connectivity index (χ1) is 10.5. The highest BCUT2D eigenvalue weighted by atomic mass is 32.2. The number of carboxylic acids is 1. The summed E-state index contributed by atoms with van der Waals surface area (Å²) in [5.41, 5.74) is 2.99. The van der Waals surface area contributed by atoms with Crippen molar-refractivity contribution in [3.63, 3.8) is 0 Å². The summed E-state index contributed by atoms with van der Waals surface area (Å²) in [6.45, 7) is 3.53. The number of nitrogens with one attached hydrogen (secondary N) is 1. The Labute approximate surface area is 138 Å². The predicted octanol–water partition coefficient (Wildman–Crippen LogP) is 4.67. The van der Waals surface area contributed by atoms with Gasteiger partial charge in [-0.1, -0.05) is 6.07 Å². The molecule has 0 aliphatic rings. The molecule has 22 heavy (non-hydrogen) atoms. The van der Waals surface area contributed by atoms with Crippen molar-refractivity contribution < 1.29 is 14.6 Å². The number of benzene rings is 1. The number of ether oxygens (including phenoxy) is 1. The molecule has 116 valence electrons. The summed E-state index contributed by atoms with van der Waals surface area (Å²) in [7, 11) is 1.60. The van der Waals surface area contributed by atoms with E-state index in [1.807, 2.05) is 36.6 Å². The van der Waals surface area contributed by atoms with Crippen LogP contribution in [0.5, 0.6) is 5.75 Å². The van der Waals surface area contributed by atoms with E-state index in [0.717, 1.165) is 21.0 Å². The van der Waals surface area contributed by atoms with E-state index in [0.29, 0.717) is 5.75 Å². The molecule has 0 spiro atoms. The van der Waals surface area contributed by atoms with Gasteiger partial charge in [-0.3, -0.25) is 0 Å². The highest BCUT2D eigenvalue weighted by Crippen LogP contribution is 2.32. The molecule has 4 nitrogen and oxygen atoms in total. The van der Waals surface area contributed by atoms with Gasteiger partial charge in [0, 0.05) is 11.6 Å². The van der Waals surface area contributed by atoms with Crippen LogP contribution in [0.15, 0.2) is 39.4 Å². The quantitative estimate of drug-likeness (QED) is 0.593. The maximum absolute atomic E-state index is 11.0. The number of carboxylic acid groups (broad SMARTS) is 1. The van der Waals surface area contributed by atoms with Crippen LogP contribution < -0.4 is 9.46 Å². The lowest BCUT2D eigenvalue weighted by Gasteiger charge is -2.13. The Hall–Kier alpha value is -1.92. The van der Waals surface area contributed by atoms with Crippen LogP contribution in [0, 0.1) is 6.92 Å². The van der Waals surface area contributed by atoms with Gasteiger partial charge in [0.25, 0.3) is 0 Å². The average Bonchev–Trinajstić information content (AvgIpc) is 3.01. The van der Waals surface area contributed by atoms with Gasteiger partial charge in [-0.2, -0.15) is 0 Å². The average molecular weight is 335 g/mol. The Balaban J connectivity index is 2.32. The standard InChI is InChI=1S/C16H17NO3S2/c1-10(16(18)19)7-12-8-13(20-3)9-14(11(12)2)17-22-15-5-4-6-21-15/h4-9,17H,1-3H3,(H,18,19)/b10-7+. The minimum atomic E-state index is -0.926. The summed E-state index contributed by atoms with van der Waals surface area (Å²) < 4.78 is 9.76. The van der Waals surface area contributed by atoms with Gasteiger partial charge < -0.3 is 14.6 Å². The molecule has 1 heterocycles. The Bertz CT molecular complexity index is 694. The van der Waals surface area contributed by atoms with Crippen molar-refractivity contribution in [2.45, 2.75) is 18.1 Å². The minimum absolute atomic E-state index is 0.285. The lowest BCUT2D eigenvalue weighted by molar-refractivity contribution is -0.132. The number of rotatable bonds is 6. The SMILES string of the molecule is COc1cc(/C=C(\C)C(=O)O)c(C)c(NSc2cccs2)c1.